The highest BCUT2D eigenvalue weighted by atomic mass is 35.5. The van der Waals surface area contributed by atoms with Gasteiger partial charge in [0.1, 0.15) is 16.9 Å². The van der Waals surface area contributed by atoms with Gasteiger partial charge in [-0.15, -0.1) is 0 Å². The number of H-pyrrole nitrogens is 1. The van der Waals surface area contributed by atoms with E-state index >= 15 is 0 Å². The molecule has 214 valence electrons. The first-order valence-electron chi connectivity index (χ1n) is 13.0. The molecule has 2 aliphatic rings. The Hall–Kier alpha value is -3.42. The molecule has 2 fully saturated rings. The summed E-state index contributed by atoms with van der Waals surface area (Å²) in [5.41, 5.74) is 0.601. The van der Waals surface area contributed by atoms with E-state index in [9.17, 15) is 18.0 Å². The number of hydrogen-bond acceptors (Lipinski definition) is 9. The number of halogens is 1. The smallest absolute Gasteiger partial charge is 0.329 e. The van der Waals surface area contributed by atoms with E-state index in [0.29, 0.717) is 28.4 Å². The summed E-state index contributed by atoms with van der Waals surface area (Å²) in [5.74, 6) is 0.544. The van der Waals surface area contributed by atoms with Gasteiger partial charge in [0.25, 0.3) is 10.0 Å². The van der Waals surface area contributed by atoms with Crippen molar-refractivity contribution < 1.29 is 22.7 Å². The minimum atomic E-state index is -4.09. The average molecular weight is 590 g/mol. The van der Waals surface area contributed by atoms with Gasteiger partial charge in [0.2, 0.25) is 11.9 Å². The fraction of sp³-hybridized carbons (Fsp3) is 0.462. The number of fused-ring (bicyclic) bond motifs is 1. The van der Waals surface area contributed by atoms with Gasteiger partial charge in [-0.2, -0.15) is 9.29 Å². The highest BCUT2D eigenvalue weighted by molar-refractivity contribution is 7.89. The Kier molecular flexibility index (Phi) is 7.89. The molecule has 40 heavy (non-hydrogen) atoms. The number of esters is 1. The molecule has 1 aromatic carbocycles. The van der Waals surface area contributed by atoms with E-state index in [2.05, 4.69) is 19.9 Å². The Morgan fingerprint density at radius 2 is 1.95 bits per heavy atom. The molecule has 0 radical (unpaired) electrons. The molecular formula is C26H32ClN7O5S. The molecule has 12 nitrogen and oxygen atoms in total. The van der Waals surface area contributed by atoms with Crippen LogP contribution in [-0.4, -0.2) is 104 Å². The fourth-order valence-corrected chi connectivity index (χ4v) is 6.82. The van der Waals surface area contributed by atoms with Crippen molar-refractivity contribution in [2.24, 2.45) is 5.92 Å². The maximum atomic E-state index is 13.5. The van der Waals surface area contributed by atoms with Gasteiger partial charge < -0.3 is 24.4 Å². The number of ether oxygens (including phenoxy) is 1. The van der Waals surface area contributed by atoms with Gasteiger partial charge in [-0.25, -0.2) is 18.2 Å². The molecule has 2 aliphatic heterocycles. The summed E-state index contributed by atoms with van der Waals surface area (Å²) in [5, 5.41) is 1.04. The summed E-state index contributed by atoms with van der Waals surface area (Å²) in [6, 6.07) is 7.32. The molecule has 0 bridgehead atoms. The number of amides is 1. The van der Waals surface area contributed by atoms with Crippen molar-refractivity contribution >= 4 is 56.2 Å². The van der Waals surface area contributed by atoms with Gasteiger partial charge in [0, 0.05) is 62.4 Å². The molecule has 2 saturated heterocycles. The molecule has 14 heteroatoms. The Morgan fingerprint density at radius 3 is 2.65 bits per heavy atom. The summed E-state index contributed by atoms with van der Waals surface area (Å²) in [4.78, 5) is 43.4. The van der Waals surface area contributed by atoms with Crippen molar-refractivity contribution in [1.82, 2.24) is 24.2 Å². The summed E-state index contributed by atoms with van der Waals surface area (Å²) >= 11 is 6.05. The second kappa shape index (κ2) is 11.2. The number of carbonyl (C=O) groups is 2. The fourth-order valence-electron chi connectivity index (χ4n) is 5.23. The molecule has 5 rings (SSSR count). The quantitative estimate of drug-likeness (QED) is 0.411. The van der Waals surface area contributed by atoms with Crippen molar-refractivity contribution in [3.05, 3.63) is 41.6 Å². The van der Waals surface area contributed by atoms with Gasteiger partial charge >= 0.3 is 5.97 Å². The number of nitrogens with zero attached hydrogens (tertiary/aromatic N) is 6. The second-order valence-electron chi connectivity index (χ2n) is 10.3. The zero-order valence-electron chi connectivity index (χ0n) is 22.6. The number of anilines is 2. The van der Waals surface area contributed by atoms with Crippen LogP contribution >= 0.6 is 11.6 Å². The molecule has 1 amide bonds. The number of piperidine rings is 1. The van der Waals surface area contributed by atoms with Gasteiger partial charge in [-0.3, -0.25) is 4.79 Å². The predicted molar refractivity (Wildman–Crippen MR) is 151 cm³/mol. The number of aromatic amines is 1. The van der Waals surface area contributed by atoms with E-state index < -0.39 is 27.9 Å². The third-order valence-electron chi connectivity index (χ3n) is 7.46. The van der Waals surface area contributed by atoms with E-state index in [1.807, 2.05) is 25.1 Å². The van der Waals surface area contributed by atoms with Crippen LogP contribution in [0.1, 0.15) is 12.8 Å². The molecule has 1 N–H and O–H groups in total. The second-order valence-corrected chi connectivity index (χ2v) is 12.6. The Morgan fingerprint density at radius 1 is 1.20 bits per heavy atom. The first-order chi connectivity index (χ1) is 19.1. The number of benzene rings is 1. The van der Waals surface area contributed by atoms with Crippen molar-refractivity contribution in [3.63, 3.8) is 0 Å². The lowest BCUT2D eigenvalue weighted by atomic mass is 9.95. The van der Waals surface area contributed by atoms with Crippen LogP contribution in [0, 0.1) is 5.92 Å². The Bertz CT molecular complexity index is 1520. The van der Waals surface area contributed by atoms with Gasteiger partial charge in [0.05, 0.1) is 13.7 Å². The number of nitrogens with one attached hydrogen (secondary N) is 1. The number of carbonyl (C=O) groups excluding carboxylic acids is 2. The molecule has 0 saturated carbocycles. The average Bonchev–Trinajstić information content (AvgIpc) is 3.38. The first kappa shape index (κ1) is 28.1. The monoisotopic (exact) mass is 589 g/mol. The molecule has 0 aliphatic carbocycles. The van der Waals surface area contributed by atoms with Crippen molar-refractivity contribution in [2.45, 2.75) is 23.9 Å². The lowest BCUT2D eigenvalue weighted by Crippen LogP contribution is -2.61. The summed E-state index contributed by atoms with van der Waals surface area (Å²) < 4.78 is 33.0. The number of piperazine rings is 1. The van der Waals surface area contributed by atoms with E-state index in [0.717, 1.165) is 36.1 Å². The first-order valence-corrected chi connectivity index (χ1v) is 14.8. The third-order valence-corrected chi connectivity index (χ3v) is 9.42. The van der Waals surface area contributed by atoms with Gasteiger partial charge in [-0.1, -0.05) is 11.6 Å². The number of hydrogen-bond donors (Lipinski definition) is 1. The van der Waals surface area contributed by atoms with Crippen LogP contribution in [0.25, 0.3) is 10.9 Å². The van der Waals surface area contributed by atoms with E-state index in [-0.39, 0.29) is 24.0 Å². The van der Waals surface area contributed by atoms with E-state index in [1.54, 1.807) is 24.4 Å². The number of sulfonamides is 1. The van der Waals surface area contributed by atoms with Crippen molar-refractivity contribution in [3.8, 4) is 0 Å². The van der Waals surface area contributed by atoms with E-state index in [4.69, 9.17) is 16.3 Å². The van der Waals surface area contributed by atoms with Crippen molar-refractivity contribution in [2.75, 3.05) is 63.7 Å². The minimum absolute atomic E-state index is 0.0656. The van der Waals surface area contributed by atoms with Gasteiger partial charge in [-0.05, 0) is 49.1 Å². The molecule has 2 aromatic heterocycles. The zero-order valence-corrected chi connectivity index (χ0v) is 24.2. The normalized spacial score (nSPS) is 19.3. The summed E-state index contributed by atoms with van der Waals surface area (Å²) in [6.07, 6.45) is 3.32. The SMILES string of the molecule is COC(=O)C1CN(S(=O)(=O)c2cc3cc(Cl)ccc3[nH]2)CC(=O)N1CC1CCN(c2ccnc(N(C)C)n2)CC1. The van der Waals surface area contributed by atoms with Crippen molar-refractivity contribution in [1.29, 1.82) is 0 Å². The standard InChI is InChI=1S/C26H32ClN7O5S/c1-31(2)26-28-9-6-22(30-26)32-10-7-17(8-11-32)14-34-21(25(36)39-3)15-33(16-24(34)35)40(37,38)23-13-18-12-19(27)4-5-20(18)29-23/h4-6,9,12-13,17,21,29H,7-8,10-11,14-16H2,1-3H3. The van der Waals surface area contributed by atoms with Crippen LogP contribution in [-0.2, 0) is 24.3 Å². The highest BCUT2D eigenvalue weighted by Gasteiger charge is 2.43. The van der Waals surface area contributed by atoms with E-state index in [1.165, 1.54) is 18.1 Å². The number of aromatic nitrogens is 3. The number of methoxy groups -OCH3 is 1. The molecule has 1 atom stereocenters. The molecule has 0 spiro atoms. The minimum Gasteiger partial charge on any atom is -0.467 e. The Labute approximate surface area is 237 Å². The summed E-state index contributed by atoms with van der Waals surface area (Å²) in [6.45, 7) is 1.27. The largest absolute Gasteiger partial charge is 0.467 e. The Balaban J connectivity index is 1.28. The van der Waals surface area contributed by atoms with Crippen LogP contribution < -0.4 is 9.80 Å². The third kappa shape index (κ3) is 5.58. The lowest BCUT2D eigenvalue weighted by molar-refractivity contribution is -0.157. The van der Waals surface area contributed by atoms with Crippen LogP contribution in [0.5, 0.6) is 0 Å². The number of rotatable bonds is 7. The molecule has 4 heterocycles. The zero-order chi connectivity index (χ0) is 28.6. The summed E-state index contributed by atoms with van der Waals surface area (Å²) in [7, 11) is 0.927. The van der Waals surface area contributed by atoms with Crippen LogP contribution in [0.3, 0.4) is 0 Å². The topological polar surface area (TPSA) is 132 Å². The highest BCUT2D eigenvalue weighted by Crippen LogP contribution is 2.28. The van der Waals surface area contributed by atoms with Crippen LogP contribution in [0.4, 0.5) is 11.8 Å². The predicted octanol–water partition coefficient (Wildman–Crippen LogP) is 1.97. The molecular weight excluding hydrogens is 558 g/mol. The molecule has 3 aromatic rings. The maximum absolute atomic E-state index is 13.5. The lowest BCUT2D eigenvalue weighted by Gasteiger charge is -2.41. The maximum Gasteiger partial charge on any atom is 0.329 e. The van der Waals surface area contributed by atoms with Crippen LogP contribution in [0.2, 0.25) is 5.02 Å². The molecule has 1 unspecified atom stereocenters. The van der Waals surface area contributed by atoms with Gasteiger partial charge in [0.15, 0.2) is 0 Å². The van der Waals surface area contributed by atoms with Crippen LogP contribution in [0.15, 0.2) is 41.6 Å².